The third-order valence-corrected chi connectivity index (χ3v) is 4.97. The monoisotopic (exact) mass is 335 g/mol. The van der Waals surface area contributed by atoms with Crippen molar-refractivity contribution in [1.82, 2.24) is 5.32 Å². The Labute approximate surface area is 119 Å². The number of amides is 1. The molecular weight excluding hydrogens is 325 g/mol. The summed E-state index contributed by atoms with van der Waals surface area (Å²) in [6.07, 6.45) is 2.33. The second-order valence-corrected chi connectivity index (χ2v) is 5.82. The van der Waals surface area contributed by atoms with Gasteiger partial charge in [-0.15, -0.1) is 0 Å². The van der Waals surface area contributed by atoms with Crippen molar-refractivity contribution in [1.29, 1.82) is 0 Å². The van der Waals surface area contributed by atoms with Gasteiger partial charge in [-0.2, -0.15) is 0 Å². The van der Waals surface area contributed by atoms with Gasteiger partial charge in [0.2, 0.25) is 0 Å². The molecule has 0 aliphatic heterocycles. The first-order chi connectivity index (χ1) is 8.06. The Balaban J connectivity index is 1.97. The molecule has 5 heteroatoms. The Hall–Kier alpha value is -0.250. The molecule has 1 amide bonds. The first kappa shape index (κ1) is 13.2. The van der Waals surface area contributed by atoms with E-state index in [0.717, 1.165) is 5.33 Å². The molecule has 1 aromatic rings. The van der Waals surface area contributed by atoms with Crippen LogP contribution in [0.15, 0.2) is 18.2 Å². The zero-order valence-electron chi connectivity index (χ0n) is 9.10. The van der Waals surface area contributed by atoms with E-state index in [0.29, 0.717) is 22.2 Å². The van der Waals surface area contributed by atoms with Crippen molar-refractivity contribution in [3.63, 3.8) is 0 Å². The standard InChI is InChI=1S/C12H12BrCl2NO/c13-6-12(3-4-12)7-16-11(17)8-1-2-9(14)10(15)5-8/h1-2,5H,3-4,6-7H2,(H,16,17). The molecule has 0 spiro atoms. The number of carbonyl (C=O) groups excluding carboxylic acids is 1. The highest BCUT2D eigenvalue weighted by Crippen LogP contribution is 2.46. The van der Waals surface area contributed by atoms with E-state index in [1.165, 1.54) is 12.8 Å². The van der Waals surface area contributed by atoms with E-state index in [4.69, 9.17) is 23.2 Å². The zero-order valence-corrected chi connectivity index (χ0v) is 12.2. The van der Waals surface area contributed by atoms with E-state index in [2.05, 4.69) is 21.2 Å². The van der Waals surface area contributed by atoms with Gasteiger partial charge in [0.05, 0.1) is 10.0 Å². The predicted octanol–water partition coefficient (Wildman–Crippen LogP) is 3.90. The molecule has 0 unspecified atom stereocenters. The van der Waals surface area contributed by atoms with E-state index < -0.39 is 0 Å². The highest BCUT2D eigenvalue weighted by Gasteiger charge is 2.41. The lowest BCUT2D eigenvalue weighted by atomic mass is 10.1. The van der Waals surface area contributed by atoms with E-state index in [9.17, 15) is 4.79 Å². The Morgan fingerprint density at radius 3 is 2.59 bits per heavy atom. The van der Waals surface area contributed by atoms with Gasteiger partial charge >= 0.3 is 0 Å². The van der Waals surface area contributed by atoms with Crippen molar-refractivity contribution < 1.29 is 4.79 Å². The summed E-state index contributed by atoms with van der Waals surface area (Å²) >= 11 is 15.1. The van der Waals surface area contributed by atoms with Crippen LogP contribution >= 0.6 is 39.1 Å². The second-order valence-electron chi connectivity index (χ2n) is 4.45. The summed E-state index contributed by atoms with van der Waals surface area (Å²) in [5, 5.41) is 4.73. The van der Waals surface area contributed by atoms with Crippen LogP contribution in [-0.4, -0.2) is 17.8 Å². The predicted molar refractivity (Wildman–Crippen MR) is 74.3 cm³/mol. The van der Waals surface area contributed by atoms with Gasteiger partial charge in [-0.3, -0.25) is 4.79 Å². The van der Waals surface area contributed by atoms with Gasteiger partial charge in [0, 0.05) is 17.4 Å². The largest absolute Gasteiger partial charge is 0.351 e. The van der Waals surface area contributed by atoms with E-state index >= 15 is 0 Å². The molecule has 0 heterocycles. The van der Waals surface area contributed by atoms with E-state index in [-0.39, 0.29) is 11.3 Å². The van der Waals surface area contributed by atoms with Crippen LogP contribution in [-0.2, 0) is 0 Å². The molecule has 1 saturated carbocycles. The fourth-order valence-electron chi connectivity index (χ4n) is 1.54. The topological polar surface area (TPSA) is 29.1 Å². The molecule has 0 bridgehead atoms. The number of rotatable bonds is 4. The van der Waals surface area contributed by atoms with Crippen LogP contribution in [0, 0.1) is 5.41 Å². The van der Waals surface area contributed by atoms with Crippen LogP contribution in [0.25, 0.3) is 0 Å². The fraction of sp³-hybridized carbons (Fsp3) is 0.417. The second kappa shape index (κ2) is 5.17. The molecule has 17 heavy (non-hydrogen) atoms. The Morgan fingerprint density at radius 1 is 1.35 bits per heavy atom. The van der Waals surface area contributed by atoms with Crippen LogP contribution in [0.1, 0.15) is 23.2 Å². The van der Waals surface area contributed by atoms with Crippen molar-refractivity contribution in [2.75, 3.05) is 11.9 Å². The maximum atomic E-state index is 11.9. The third kappa shape index (κ3) is 3.15. The number of benzene rings is 1. The summed E-state index contributed by atoms with van der Waals surface area (Å²) in [6.45, 7) is 0.706. The molecule has 1 fully saturated rings. The van der Waals surface area contributed by atoms with Crippen LogP contribution < -0.4 is 5.32 Å². The number of carbonyl (C=O) groups is 1. The van der Waals surface area contributed by atoms with Gasteiger partial charge in [0.25, 0.3) is 5.91 Å². The molecule has 1 aliphatic carbocycles. The summed E-state index contributed by atoms with van der Waals surface area (Å²) in [5.41, 5.74) is 0.816. The van der Waals surface area contributed by atoms with Crippen LogP contribution in [0.5, 0.6) is 0 Å². The lowest BCUT2D eigenvalue weighted by Gasteiger charge is -2.12. The van der Waals surface area contributed by atoms with Crippen molar-refractivity contribution in [3.8, 4) is 0 Å². The van der Waals surface area contributed by atoms with Crippen LogP contribution in [0.2, 0.25) is 10.0 Å². The maximum Gasteiger partial charge on any atom is 0.251 e. The van der Waals surface area contributed by atoms with Crippen molar-refractivity contribution in [3.05, 3.63) is 33.8 Å². The number of hydrogen-bond acceptors (Lipinski definition) is 1. The minimum atomic E-state index is -0.101. The summed E-state index contributed by atoms with van der Waals surface area (Å²) in [5.74, 6) is -0.101. The highest BCUT2D eigenvalue weighted by atomic mass is 79.9. The molecule has 0 saturated heterocycles. The summed E-state index contributed by atoms with van der Waals surface area (Å²) in [7, 11) is 0. The molecule has 0 aromatic heterocycles. The van der Waals surface area contributed by atoms with Gasteiger partial charge in [0.15, 0.2) is 0 Å². The average molecular weight is 337 g/mol. The summed E-state index contributed by atoms with van der Waals surface area (Å²) in [4.78, 5) is 11.9. The molecule has 0 atom stereocenters. The number of hydrogen-bond donors (Lipinski definition) is 1. The molecule has 1 aromatic carbocycles. The fourth-order valence-corrected chi connectivity index (χ4v) is 2.60. The van der Waals surface area contributed by atoms with E-state index in [1.807, 2.05) is 0 Å². The van der Waals surface area contributed by atoms with Crippen molar-refractivity contribution in [2.24, 2.45) is 5.41 Å². The van der Waals surface area contributed by atoms with Gasteiger partial charge in [-0.25, -0.2) is 0 Å². The van der Waals surface area contributed by atoms with Crippen molar-refractivity contribution >= 4 is 45.0 Å². The highest BCUT2D eigenvalue weighted by molar-refractivity contribution is 9.09. The van der Waals surface area contributed by atoms with Gasteiger partial charge < -0.3 is 5.32 Å². The lowest BCUT2D eigenvalue weighted by Crippen LogP contribution is -2.30. The number of alkyl halides is 1. The normalized spacial score (nSPS) is 16.6. The molecule has 1 aliphatic rings. The Morgan fingerprint density at radius 2 is 2.06 bits per heavy atom. The van der Waals surface area contributed by atoms with Crippen molar-refractivity contribution in [2.45, 2.75) is 12.8 Å². The smallest absolute Gasteiger partial charge is 0.251 e. The van der Waals surface area contributed by atoms with E-state index in [1.54, 1.807) is 18.2 Å². The average Bonchev–Trinajstić information content (AvgIpc) is 3.10. The minimum Gasteiger partial charge on any atom is -0.351 e. The molecule has 2 rings (SSSR count). The first-order valence-electron chi connectivity index (χ1n) is 5.36. The SMILES string of the molecule is O=C(NCC1(CBr)CC1)c1ccc(Cl)c(Cl)c1. The number of halogens is 3. The zero-order chi connectivity index (χ0) is 12.5. The molecule has 1 N–H and O–H groups in total. The third-order valence-electron chi connectivity index (χ3n) is 3.05. The Bertz CT molecular complexity index is 446. The van der Waals surface area contributed by atoms with Gasteiger partial charge in [0.1, 0.15) is 0 Å². The Kier molecular flexibility index (Phi) is 4.01. The quantitative estimate of drug-likeness (QED) is 0.830. The van der Waals surface area contributed by atoms with Crippen LogP contribution in [0.3, 0.4) is 0 Å². The maximum absolute atomic E-state index is 11.9. The summed E-state index contributed by atoms with van der Waals surface area (Å²) < 4.78 is 0. The summed E-state index contributed by atoms with van der Waals surface area (Å²) in [6, 6.07) is 4.90. The molecule has 92 valence electrons. The molecule has 2 nitrogen and oxygen atoms in total. The lowest BCUT2D eigenvalue weighted by molar-refractivity contribution is 0.0946. The molecular formula is C12H12BrCl2NO. The number of nitrogens with one attached hydrogen (secondary N) is 1. The van der Waals surface area contributed by atoms with Gasteiger partial charge in [-0.1, -0.05) is 39.1 Å². The van der Waals surface area contributed by atoms with Crippen LogP contribution in [0.4, 0.5) is 0 Å². The first-order valence-corrected chi connectivity index (χ1v) is 7.23. The minimum absolute atomic E-state index is 0.101. The molecule has 0 radical (unpaired) electrons. The van der Waals surface area contributed by atoms with Gasteiger partial charge in [-0.05, 0) is 36.5 Å².